The molecule has 0 radical (unpaired) electrons. The van der Waals surface area contributed by atoms with Crippen LogP contribution < -0.4 is 5.32 Å². The van der Waals surface area contributed by atoms with E-state index in [1.807, 2.05) is 19.1 Å². The SMILES string of the molecule is Cc1ccnc(NC(=O)C[C@@H]2C[C@H]3CC[C@H]2C3)c1. The molecule has 3 nitrogen and oxygen atoms in total. The van der Waals surface area contributed by atoms with Gasteiger partial charge in [0.1, 0.15) is 5.82 Å². The average molecular weight is 244 g/mol. The first-order valence-corrected chi connectivity index (χ1v) is 6.93. The molecule has 0 saturated heterocycles. The third-order valence-electron chi connectivity index (χ3n) is 4.52. The van der Waals surface area contributed by atoms with Crippen LogP contribution in [-0.2, 0) is 4.79 Å². The van der Waals surface area contributed by atoms with Crippen LogP contribution >= 0.6 is 0 Å². The summed E-state index contributed by atoms with van der Waals surface area (Å²) in [4.78, 5) is 16.2. The van der Waals surface area contributed by atoms with Gasteiger partial charge in [0.15, 0.2) is 0 Å². The number of anilines is 1. The number of aromatic nitrogens is 1. The predicted molar refractivity (Wildman–Crippen MR) is 71.2 cm³/mol. The second kappa shape index (κ2) is 4.71. The molecule has 2 saturated carbocycles. The van der Waals surface area contributed by atoms with Crippen LogP contribution in [0.4, 0.5) is 5.82 Å². The van der Waals surface area contributed by atoms with Gasteiger partial charge in [0.2, 0.25) is 5.91 Å². The Morgan fingerprint density at radius 1 is 1.44 bits per heavy atom. The van der Waals surface area contributed by atoms with Crippen molar-refractivity contribution in [2.75, 3.05) is 5.32 Å². The van der Waals surface area contributed by atoms with Crippen molar-refractivity contribution in [3.05, 3.63) is 23.9 Å². The second-order valence-electron chi connectivity index (χ2n) is 5.91. The lowest BCUT2D eigenvalue weighted by Crippen LogP contribution is -2.20. The molecule has 18 heavy (non-hydrogen) atoms. The third-order valence-corrected chi connectivity index (χ3v) is 4.52. The van der Waals surface area contributed by atoms with Gasteiger partial charge in [-0.3, -0.25) is 4.79 Å². The fraction of sp³-hybridized carbons (Fsp3) is 0.600. The zero-order valence-corrected chi connectivity index (χ0v) is 10.9. The Morgan fingerprint density at radius 3 is 3.00 bits per heavy atom. The van der Waals surface area contributed by atoms with Crippen LogP contribution in [0.2, 0.25) is 0 Å². The van der Waals surface area contributed by atoms with Crippen LogP contribution in [0.1, 0.15) is 37.7 Å². The van der Waals surface area contributed by atoms with Gasteiger partial charge in [0.05, 0.1) is 0 Å². The minimum absolute atomic E-state index is 0.130. The number of carbonyl (C=O) groups excluding carboxylic acids is 1. The molecule has 1 amide bonds. The normalized spacial score (nSPS) is 29.5. The van der Waals surface area contributed by atoms with E-state index >= 15 is 0 Å². The highest BCUT2D eigenvalue weighted by atomic mass is 16.1. The van der Waals surface area contributed by atoms with Crippen molar-refractivity contribution >= 4 is 11.7 Å². The number of aryl methyl sites for hydroxylation is 1. The standard InChI is InChI=1S/C15H20N2O/c1-10-4-5-16-14(6-10)17-15(18)9-13-8-11-2-3-12(13)7-11/h4-6,11-13H,2-3,7-9H2,1H3,(H,16,17,18)/t11-,12-,13-/m0/s1. The van der Waals surface area contributed by atoms with E-state index in [2.05, 4.69) is 10.3 Å². The van der Waals surface area contributed by atoms with Gasteiger partial charge in [-0.15, -0.1) is 0 Å². The Bertz CT molecular complexity index is 458. The number of fused-ring (bicyclic) bond motifs is 2. The number of hydrogen-bond donors (Lipinski definition) is 1. The number of hydrogen-bond acceptors (Lipinski definition) is 2. The Morgan fingerprint density at radius 2 is 2.33 bits per heavy atom. The highest BCUT2D eigenvalue weighted by molar-refractivity contribution is 5.90. The summed E-state index contributed by atoms with van der Waals surface area (Å²) in [5.41, 5.74) is 1.13. The van der Waals surface area contributed by atoms with E-state index in [9.17, 15) is 4.79 Å². The van der Waals surface area contributed by atoms with Gasteiger partial charge in [-0.2, -0.15) is 0 Å². The van der Waals surface area contributed by atoms with Crippen LogP contribution in [0.3, 0.4) is 0 Å². The lowest BCUT2D eigenvalue weighted by atomic mass is 9.86. The van der Waals surface area contributed by atoms with E-state index in [-0.39, 0.29) is 5.91 Å². The van der Waals surface area contributed by atoms with Crippen LogP contribution in [-0.4, -0.2) is 10.9 Å². The zero-order valence-electron chi connectivity index (χ0n) is 10.9. The third kappa shape index (κ3) is 2.40. The molecule has 1 aromatic rings. The van der Waals surface area contributed by atoms with Crippen LogP contribution in [0, 0.1) is 24.7 Å². The van der Waals surface area contributed by atoms with E-state index in [1.54, 1.807) is 6.20 Å². The van der Waals surface area contributed by atoms with Crippen molar-refractivity contribution in [3.63, 3.8) is 0 Å². The smallest absolute Gasteiger partial charge is 0.225 e. The Balaban J connectivity index is 1.56. The Hall–Kier alpha value is -1.38. The number of carbonyl (C=O) groups is 1. The molecule has 2 bridgehead atoms. The van der Waals surface area contributed by atoms with E-state index in [1.165, 1.54) is 25.7 Å². The van der Waals surface area contributed by atoms with Gasteiger partial charge in [0.25, 0.3) is 0 Å². The summed E-state index contributed by atoms with van der Waals surface area (Å²) in [5.74, 6) is 3.15. The molecule has 1 heterocycles. The van der Waals surface area contributed by atoms with Gasteiger partial charge in [-0.25, -0.2) is 4.98 Å². The summed E-state index contributed by atoms with van der Waals surface area (Å²) in [5, 5.41) is 2.92. The maximum atomic E-state index is 12.0. The molecule has 0 unspecified atom stereocenters. The average Bonchev–Trinajstić information content (AvgIpc) is 2.90. The van der Waals surface area contributed by atoms with Crippen LogP contribution in [0.5, 0.6) is 0 Å². The largest absolute Gasteiger partial charge is 0.311 e. The minimum Gasteiger partial charge on any atom is -0.311 e. The number of pyridine rings is 1. The molecule has 3 atom stereocenters. The zero-order chi connectivity index (χ0) is 12.5. The maximum absolute atomic E-state index is 12.0. The fourth-order valence-electron chi connectivity index (χ4n) is 3.66. The molecule has 0 aromatic carbocycles. The van der Waals surface area contributed by atoms with Crippen molar-refractivity contribution in [1.82, 2.24) is 4.98 Å². The number of nitrogens with one attached hydrogen (secondary N) is 1. The van der Waals surface area contributed by atoms with Gasteiger partial charge in [-0.05, 0) is 61.6 Å². The topological polar surface area (TPSA) is 42.0 Å². The lowest BCUT2D eigenvalue weighted by Gasteiger charge is -2.20. The summed E-state index contributed by atoms with van der Waals surface area (Å²) in [6.07, 6.45) is 7.77. The molecule has 1 aromatic heterocycles. The van der Waals surface area contributed by atoms with E-state index < -0.39 is 0 Å². The summed E-state index contributed by atoms with van der Waals surface area (Å²) in [7, 11) is 0. The van der Waals surface area contributed by atoms with E-state index in [0.717, 1.165) is 17.4 Å². The Labute approximate surface area is 108 Å². The van der Waals surface area contributed by atoms with Gasteiger partial charge < -0.3 is 5.32 Å². The van der Waals surface area contributed by atoms with Crippen LogP contribution in [0.25, 0.3) is 0 Å². The van der Waals surface area contributed by atoms with Crippen molar-refractivity contribution in [2.24, 2.45) is 17.8 Å². The van der Waals surface area contributed by atoms with E-state index in [4.69, 9.17) is 0 Å². The molecular formula is C15H20N2O. The molecule has 3 heteroatoms. The second-order valence-corrected chi connectivity index (χ2v) is 5.91. The van der Waals surface area contributed by atoms with E-state index in [0.29, 0.717) is 18.2 Å². The first-order chi connectivity index (χ1) is 8.70. The molecule has 0 spiro atoms. The summed E-state index contributed by atoms with van der Waals surface area (Å²) in [6.45, 7) is 2.01. The monoisotopic (exact) mass is 244 g/mol. The van der Waals surface area contributed by atoms with Crippen molar-refractivity contribution in [3.8, 4) is 0 Å². The van der Waals surface area contributed by atoms with Crippen molar-refractivity contribution in [2.45, 2.75) is 39.0 Å². The van der Waals surface area contributed by atoms with Gasteiger partial charge in [0, 0.05) is 12.6 Å². The molecule has 2 aliphatic rings. The lowest BCUT2D eigenvalue weighted by molar-refractivity contribution is -0.117. The van der Waals surface area contributed by atoms with Gasteiger partial charge >= 0.3 is 0 Å². The summed E-state index contributed by atoms with van der Waals surface area (Å²) >= 11 is 0. The highest BCUT2D eigenvalue weighted by Gasteiger charge is 2.40. The molecule has 3 rings (SSSR count). The summed E-state index contributed by atoms with van der Waals surface area (Å²) in [6, 6.07) is 3.85. The number of nitrogens with zero attached hydrogens (tertiary/aromatic N) is 1. The maximum Gasteiger partial charge on any atom is 0.225 e. The minimum atomic E-state index is 0.130. The van der Waals surface area contributed by atoms with Gasteiger partial charge in [-0.1, -0.05) is 6.42 Å². The Kier molecular flexibility index (Phi) is 3.06. The summed E-state index contributed by atoms with van der Waals surface area (Å²) < 4.78 is 0. The highest BCUT2D eigenvalue weighted by Crippen LogP contribution is 2.49. The van der Waals surface area contributed by atoms with Crippen molar-refractivity contribution in [1.29, 1.82) is 0 Å². The van der Waals surface area contributed by atoms with Crippen LogP contribution in [0.15, 0.2) is 18.3 Å². The predicted octanol–water partition coefficient (Wildman–Crippen LogP) is 3.15. The first-order valence-electron chi connectivity index (χ1n) is 6.93. The van der Waals surface area contributed by atoms with Crippen molar-refractivity contribution < 1.29 is 4.79 Å². The quantitative estimate of drug-likeness (QED) is 0.887. The molecular weight excluding hydrogens is 224 g/mol. The molecule has 2 aliphatic carbocycles. The number of rotatable bonds is 3. The number of amides is 1. The molecule has 0 aliphatic heterocycles. The molecule has 1 N–H and O–H groups in total. The molecule has 2 fully saturated rings. The first kappa shape index (κ1) is 11.7. The molecule has 96 valence electrons. The fourth-order valence-corrected chi connectivity index (χ4v) is 3.66.